The predicted molar refractivity (Wildman–Crippen MR) is 65.4 cm³/mol. The molecular weight excluding hydrogens is 214 g/mol. The van der Waals surface area contributed by atoms with Crippen molar-refractivity contribution < 1.29 is 0 Å². The third-order valence-electron chi connectivity index (χ3n) is 2.14. The van der Waals surface area contributed by atoms with Gasteiger partial charge >= 0.3 is 0 Å². The van der Waals surface area contributed by atoms with Crippen molar-refractivity contribution in [3.8, 4) is 0 Å². The largest absolute Gasteiger partial charge is 0.313 e. The van der Waals surface area contributed by atoms with Crippen LogP contribution in [0.2, 0.25) is 0 Å². The van der Waals surface area contributed by atoms with E-state index < -0.39 is 0 Å². The van der Waals surface area contributed by atoms with Crippen molar-refractivity contribution in [2.75, 3.05) is 19.5 Å². The average molecular weight is 230 g/mol. The van der Waals surface area contributed by atoms with Crippen LogP contribution in [-0.2, 0) is 6.42 Å². The van der Waals surface area contributed by atoms with Gasteiger partial charge in [0.2, 0.25) is 0 Å². The van der Waals surface area contributed by atoms with E-state index in [-0.39, 0.29) is 0 Å². The van der Waals surface area contributed by atoms with Crippen molar-refractivity contribution in [3.63, 3.8) is 0 Å². The van der Waals surface area contributed by atoms with Gasteiger partial charge in [0.1, 0.15) is 0 Å². The molecule has 78 valence electrons. The van der Waals surface area contributed by atoms with Gasteiger partial charge in [-0.2, -0.15) is 0 Å². The van der Waals surface area contributed by atoms with E-state index in [0.717, 1.165) is 13.1 Å². The van der Waals surface area contributed by atoms with E-state index in [1.807, 2.05) is 11.3 Å². The third kappa shape index (κ3) is 3.82. The van der Waals surface area contributed by atoms with Gasteiger partial charge in [0.25, 0.3) is 0 Å². The fourth-order valence-electron chi connectivity index (χ4n) is 1.47. The normalized spacial score (nSPS) is 15.4. The molecule has 1 aliphatic heterocycles. The minimum Gasteiger partial charge on any atom is -0.313 e. The molecule has 0 bridgehead atoms. The van der Waals surface area contributed by atoms with Crippen LogP contribution in [0.15, 0.2) is 29.2 Å². The van der Waals surface area contributed by atoms with Crippen molar-refractivity contribution in [1.29, 1.82) is 0 Å². The number of rotatable bonds is 2. The Morgan fingerprint density at radius 3 is 2.93 bits per heavy atom. The first-order valence-electron chi connectivity index (χ1n) is 4.74. The van der Waals surface area contributed by atoms with Crippen molar-refractivity contribution in [2.45, 2.75) is 12.8 Å². The molecule has 0 aromatic carbocycles. The Bertz CT molecular complexity index is 267. The zero-order valence-corrected chi connectivity index (χ0v) is 10.00. The highest BCUT2D eigenvalue weighted by Gasteiger charge is 2.03. The van der Waals surface area contributed by atoms with E-state index in [1.54, 1.807) is 5.57 Å². The quantitative estimate of drug-likeness (QED) is 0.607. The molecule has 2 heterocycles. The fraction of sp³-hybridized carbons (Fsp3) is 0.455. The summed E-state index contributed by atoms with van der Waals surface area (Å²) in [7, 11) is 0. The van der Waals surface area contributed by atoms with Crippen molar-refractivity contribution >= 4 is 22.9 Å². The molecule has 1 aromatic rings. The summed E-state index contributed by atoms with van der Waals surface area (Å²) in [5, 5.41) is 5.47. The molecule has 0 unspecified atom stereocenters. The maximum atomic E-state index is 4.64. The van der Waals surface area contributed by atoms with Crippen LogP contribution in [0.25, 0.3) is 0 Å². The summed E-state index contributed by atoms with van der Waals surface area (Å²) in [5.74, 6) is 0. The minimum atomic E-state index is 1.06. The van der Waals surface area contributed by atoms with Crippen LogP contribution in [-0.4, -0.2) is 19.5 Å². The molecule has 1 N–H and O–H groups in total. The maximum Gasteiger partial charge on any atom is 0.0137 e. The van der Waals surface area contributed by atoms with Gasteiger partial charge in [0.05, 0.1) is 0 Å². The van der Waals surface area contributed by atoms with Crippen LogP contribution in [0, 0.1) is 0 Å². The predicted octanol–water partition coefficient (Wildman–Crippen LogP) is 3.07. The second-order valence-electron chi connectivity index (χ2n) is 3.07. The lowest BCUT2D eigenvalue weighted by atomic mass is 10.1. The Labute approximate surface area is 94.8 Å². The van der Waals surface area contributed by atoms with Gasteiger partial charge < -0.3 is 5.32 Å². The average Bonchev–Trinajstić information content (AvgIpc) is 2.75. The van der Waals surface area contributed by atoms with Gasteiger partial charge in [-0.15, -0.1) is 22.9 Å². The lowest BCUT2D eigenvalue weighted by molar-refractivity contribution is 0.693. The number of halogens is 1. The first-order chi connectivity index (χ1) is 6.95. The Kier molecular flexibility index (Phi) is 5.92. The number of hydrogen-bond donors (Lipinski definition) is 1. The molecule has 1 nitrogen and oxygen atoms in total. The monoisotopic (exact) mass is 229 g/mol. The van der Waals surface area contributed by atoms with Gasteiger partial charge in [-0.1, -0.05) is 17.7 Å². The molecule has 0 atom stereocenters. The van der Waals surface area contributed by atoms with Crippen LogP contribution >= 0.6 is 22.9 Å². The second-order valence-corrected chi connectivity index (χ2v) is 4.10. The summed E-state index contributed by atoms with van der Waals surface area (Å²) in [4.78, 5) is 1.49. The smallest absolute Gasteiger partial charge is 0.0137 e. The van der Waals surface area contributed by atoms with Crippen molar-refractivity contribution in [3.05, 3.63) is 34.0 Å². The van der Waals surface area contributed by atoms with E-state index >= 15 is 0 Å². The molecule has 0 spiro atoms. The lowest BCUT2D eigenvalue weighted by Gasteiger charge is -2.12. The molecule has 0 radical (unpaired) electrons. The highest BCUT2D eigenvalue weighted by atomic mass is 35.5. The van der Waals surface area contributed by atoms with E-state index in [9.17, 15) is 0 Å². The number of hydrogen-bond acceptors (Lipinski definition) is 2. The molecule has 0 fully saturated rings. The Morgan fingerprint density at radius 2 is 2.36 bits per heavy atom. The first-order valence-corrected chi connectivity index (χ1v) is 6.37. The highest BCUT2D eigenvalue weighted by molar-refractivity contribution is 7.09. The number of alkyl halides is 1. The second kappa shape index (κ2) is 7.04. The molecule has 0 saturated carbocycles. The van der Waals surface area contributed by atoms with Crippen LogP contribution in [0.5, 0.6) is 0 Å². The molecular formula is C11H16ClNS. The van der Waals surface area contributed by atoms with Gasteiger partial charge in [-0.05, 0) is 24.4 Å². The zero-order chi connectivity index (χ0) is 10.2. The van der Waals surface area contributed by atoms with Crippen molar-refractivity contribution in [2.24, 2.45) is 0 Å². The van der Waals surface area contributed by atoms with Crippen LogP contribution in [0.1, 0.15) is 11.3 Å². The molecule has 3 heteroatoms. The Hall–Kier alpha value is -0.310. The fourth-order valence-corrected chi connectivity index (χ4v) is 2.22. The van der Waals surface area contributed by atoms with Crippen LogP contribution < -0.4 is 5.32 Å². The molecule has 1 aromatic heterocycles. The zero-order valence-electron chi connectivity index (χ0n) is 8.42. The molecule has 0 amide bonds. The maximum absolute atomic E-state index is 4.64. The summed E-state index contributed by atoms with van der Waals surface area (Å²) in [5.41, 5.74) is 1.59. The number of nitrogens with one attached hydrogen (secondary N) is 1. The third-order valence-corrected chi connectivity index (χ3v) is 3.02. The van der Waals surface area contributed by atoms with Gasteiger partial charge in [-0.25, -0.2) is 0 Å². The Balaban J connectivity index is 0.000000461. The van der Waals surface area contributed by atoms with Crippen molar-refractivity contribution in [1.82, 2.24) is 5.32 Å². The van der Waals surface area contributed by atoms with Crippen LogP contribution in [0.4, 0.5) is 0 Å². The van der Waals surface area contributed by atoms with E-state index in [0.29, 0.717) is 0 Å². The summed E-state index contributed by atoms with van der Waals surface area (Å²) in [6.07, 6.45) is 6.18. The van der Waals surface area contributed by atoms with Gasteiger partial charge in [0.15, 0.2) is 0 Å². The SMILES string of the molecule is C1=C(Cc2cccs2)CCNC1.CCl. The van der Waals surface area contributed by atoms with Gasteiger partial charge in [0, 0.05) is 24.2 Å². The molecule has 0 saturated heterocycles. The van der Waals surface area contributed by atoms with E-state index in [1.165, 1.54) is 24.1 Å². The van der Waals surface area contributed by atoms with E-state index in [2.05, 4.69) is 40.5 Å². The lowest BCUT2D eigenvalue weighted by Crippen LogP contribution is -2.20. The standard InChI is InChI=1S/C10H13NS.CH3Cl/c1-2-10(12-7-1)8-9-3-5-11-6-4-9;1-2/h1-3,7,11H,4-6,8H2;1H3. The summed E-state index contributed by atoms with van der Waals surface area (Å²) in [6, 6.07) is 4.34. The molecule has 1 aliphatic rings. The number of thiophene rings is 1. The summed E-state index contributed by atoms with van der Waals surface area (Å²) in [6.45, 7) is 2.21. The first kappa shape index (κ1) is 11.8. The Morgan fingerprint density at radius 1 is 1.50 bits per heavy atom. The summed E-state index contributed by atoms with van der Waals surface area (Å²) < 4.78 is 0. The van der Waals surface area contributed by atoms with E-state index in [4.69, 9.17) is 0 Å². The molecule has 14 heavy (non-hydrogen) atoms. The molecule has 2 rings (SSSR count). The van der Waals surface area contributed by atoms with Crippen LogP contribution in [0.3, 0.4) is 0 Å². The topological polar surface area (TPSA) is 12.0 Å². The highest BCUT2D eigenvalue weighted by Crippen LogP contribution is 2.16. The minimum absolute atomic E-state index is 1.06. The molecule has 0 aliphatic carbocycles. The van der Waals surface area contributed by atoms with Gasteiger partial charge in [-0.3, -0.25) is 0 Å². The summed E-state index contributed by atoms with van der Waals surface area (Å²) >= 11 is 6.49.